The highest BCUT2D eigenvalue weighted by Gasteiger charge is 2.52. The van der Waals surface area contributed by atoms with Gasteiger partial charge in [-0.05, 0) is 80.4 Å². The fraction of sp³-hybridized carbons (Fsp3) is 0.0526. The van der Waals surface area contributed by atoms with E-state index in [0.29, 0.717) is 6.54 Å². The van der Waals surface area contributed by atoms with E-state index in [9.17, 15) is 0 Å². The maximum atomic E-state index is 6.11. The van der Waals surface area contributed by atoms with Crippen LogP contribution in [0.25, 0.3) is 22.3 Å². The third-order valence-corrected chi connectivity index (χ3v) is 8.65. The molecule has 0 atom stereocenters. The maximum Gasteiger partial charge on any atom is 0.0760 e. The first kappa shape index (κ1) is 23.0. The summed E-state index contributed by atoms with van der Waals surface area (Å²) in [6.07, 6.45) is 0. The lowest BCUT2D eigenvalue weighted by Crippen LogP contribution is -2.36. The summed E-state index contributed by atoms with van der Waals surface area (Å²) in [5.74, 6) is 0. The second-order valence-corrected chi connectivity index (χ2v) is 10.6. The number of rotatable bonds is 3. The lowest BCUT2D eigenvalue weighted by Gasteiger charge is -2.45. The summed E-state index contributed by atoms with van der Waals surface area (Å²) in [5.41, 5.74) is 20.7. The molecule has 1 aliphatic carbocycles. The molecular formula is C38H28N2. The molecule has 2 aliphatic rings. The first-order chi connectivity index (χ1) is 19.8. The molecular weight excluding hydrogens is 484 g/mol. The summed E-state index contributed by atoms with van der Waals surface area (Å²) in [6, 6.07) is 53.1. The van der Waals surface area contributed by atoms with Crippen LogP contribution in [-0.4, -0.2) is 0 Å². The number of anilines is 3. The van der Waals surface area contributed by atoms with Crippen molar-refractivity contribution in [2.75, 3.05) is 4.90 Å². The molecule has 2 heteroatoms. The standard InChI is InChI=1S/C38H28N2/c39-25-26-12-10-13-27(24-26)29-17-11-18-31-30-16-4-5-19-32(30)38(37(29)31)33-20-6-8-22-35(33)40(28-14-2-1-3-15-28)36-23-9-7-21-34(36)38/h1-24H,25,39H2. The van der Waals surface area contributed by atoms with Gasteiger partial charge in [0.25, 0.3) is 0 Å². The number of nitrogens with two attached hydrogens (primary N) is 1. The molecule has 190 valence electrons. The summed E-state index contributed by atoms with van der Waals surface area (Å²) in [4.78, 5) is 2.42. The molecule has 2 N–H and O–H groups in total. The summed E-state index contributed by atoms with van der Waals surface area (Å²) in [7, 11) is 0. The van der Waals surface area contributed by atoms with Crippen LogP contribution < -0.4 is 10.6 Å². The van der Waals surface area contributed by atoms with E-state index < -0.39 is 5.41 Å². The van der Waals surface area contributed by atoms with E-state index in [1.165, 1.54) is 55.9 Å². The number of nitrogens with zero attached hydrogens (tertiary/aromatic N) is 1. The van der Waals surface area contributed by atoms with Gasteiger partial charge in [0.05, 0.1) is 16.8 Å². The molecule has 6 aromatic rings. The van der Waals surface area contributed by atoms with E-state index in [1.807, 2.05) is 0 Å². The fourth-order valence-corrected chi connectivity index (χ4v) is 7.13. The molecule has 0 saturated carbocycles. The minimum atomic E-state index is -0.473. The normalized spacial score (nSPS) is 13.9. The zero-order valence-electron chi connectivity index (χ0n) is 22.1. The molecule has 0 radical (unpaired) electrons. The van der Waals surface area contributed by atoms with Gasteiger partial charge in [0.15, 0.2) is 0 Å². The van der Waals surface area contributed by atoms with Gasteiger partial charge >= 0.3 is 0 Å². The van der Waals surface area contributed by atoms with Crippen LogP contribution >= 0.6 is 0 Å². The summed E-state index contributed by atoms with van der Waals surface area (Å²) in [6.45, 7) is 0.520. The van der Waals surface area contributed by atoms with Crippen LogP contribution in [0.15, 0.2) is 146 Å². The number of benzene rings is 6. The summed E-state index contributed by atoms with van der Waals surface area (Å²) in [5, 5.41) is 0. The zero-order valence-corrected chi connectivity index (χ0v) is 22.1. The molecule has 0 aromatic heterocycles. The third kappa shape index (κ3) is 3.03. The van der Waals surface area contributed by atoms with E-state index in [4.69, 9.17) is 5.73 Å². The van der Waals surface area contributed by atoms with Gasteiger partial charge in [-0.1, -0.05) is 115 Å². The lowest BCUT2D eigenvalue weighted by atomic mass is 9.63. The van der Waals surface area contributed by atoms with E-state index in [1.54, 1.807) is 0 Å². The fourth-order valence-electron chi connectivity index (χ4n) is 7.13. The minimum absolute atomic E-state index is 0.473. The SMILES string of the molecule is NCc1cccc(-c2cccc3c2C2(c4ccccc4-3)c3ccccc3N(c3ccccc3)c3ccccc32)c1. The van der Waals surface area contributed by atoms with E-state index in [2.05, 4.69) is 150 Å². The summed E-state index contributed by atoms with van der Waals surface area (Å²) >= 11 is 0. The van der Waals surface area contributed by atoms with Gasteiger partial charge in [-0.3, -0.25) is 0 Å². The van der Waals surface area contributed by atoms with Crippen molar-refractivity contribution in [3.05, 3.63) is 173 Å². The Hall–Kier alpha value is -4.92. The number of fused-ring (bicyclic) bond motifs is 9. The van der Waals surface area contributed by atoms with Crippen LogP contribution in [-0.2, 0) is 12.0 Å². The molecule has 0 amide bonds. The zero-order chi connectivity index (χ0) is 26.7. The van der Waals surface area contributed by atoms with Gasteiger partial charge in [0.1, 0.15) is 0 Å². The predicted molar refractivity (Wildman–Crippen MR) is 165 cm³/mol. The summed E-state index contributed by atoms with van der Waals surface area (Å²) < 4.78 is 0. The quantitative estimate of drug-likeness (QED) is 0.256. The number of hydrogen-bond donors (Lipinski definition) is 1. The Bertz CT molecular complexity index is 1860. The van der Waals surface area contributed by atoms with Crippen molar-refractivity contribution < 1.29 is 0 Å². The molecule has 2 nitrogen and oxygen atoms in total. The van der Waals surface area contributed by atoms with Crippen molar-refractivity contribution in [3.63, 3.8) is 0 Å². The molecule has 1 heterocycles. The Balaban J connectivity index is 1.55. The molecule has 8 rings (SSSR count). The molecule has 0 bridgehead atoms. The van der Waals surface area contributed by atoms with Crippen LogP contribution in [0.3, 0.4) is 0 Å². The van der Waals surface area contributed by atoms with Gasteiger partial charge in [-0.25, -0.2) is 0 Å². The van der Waals surface area contributed by atoms with Gasteiger partial charge < -0.3 is 10.6 Å². The van der Waals surface area contributed by atoms with Crippen LogP contribution in [0.1, 0.15) is 27.8 Å². The van der Waals surface area contributed by atoms with Gasteiger partial charge in [-0.2, -0.15) is 0 Å². The Morgan fingerprint density at radius 3 is 1.80 bits per heavy atom. The highest BCUT2D eigenvalue weighted by molar-refractivity contribution is 5.98. The first-order valence-corrected chi connectivity index (χ1v) is 13.9. The second-order valence-electron chi connectivity index (χ2n) is 10.6. The van der Waals surface area contributed by atoms with Crippen molar-refractivity contribution in [2.24, 2.45) is 5.73 Å². The Morgan fingerprint density at radius 1 is 0.500 bits per heavy atom. The molecule has 0 saturated heterocycles. The maximum absolute atomic E-state index is 6.11. The minimum Gasteiger partial charge on any atom is -0.326 e. The lowest BCUT2D eigenvalue weighted by molar-refractivity contribution is 0.754. The molecule has 1 spiro atoms. The van der Waals surface area contributed by atoms with Gasteiger partial charge in [0.2, 0.25) is 0 Å². The van der Waals surface area contributed by atoms with Crippen molar-refractivity contribution >= 4 is 17.1 Å². The van der Waals surface area contributed by atoms with Gasteiger partial charge in [-0.15, -0.1) is 0 Å². The third-order valence-electron chi connectivity index (χ3n) is 8.65. The molecule has 0 fully saturated rings. The van der Waals surface area contributed by atoms with Gasteiger partial charge in [0, 0.05) is 12.2 Å². The predicted octanol–water partition coefficient (Wildman–Crippen LogP) is 8.96. The van der Waals surface area contributed by atoms with E-state index in [0.717, 1.165) is 11.3 Å². The van der Waals surface area contributed by atoms with Crippen molar-refractivity contribution in [1.82, 2.24) is 0 Å². The highest BCUT2D eigenvalue weighted by Crippen LogP contribution is 2.64. The van der Waals surface area contributed by atoms with Crippen molar-refractivity contribution in [1.29, 1.82) is 0 Å². The van der Waals surface area contributed by atoms with Crippen molar-refractivity contribution in [3.8, 4) is 22.3 Å². The molecule has 1 aliphatic heterocycles. The monoisotopic (exact) mass is 512 g/mol. The Labute approximate surface area is 235 Å². The van der Waals surface area contributed by atoms with E-state index in [-0.39, 0.29) is 0 Å². The molecule has 40 heavy (non-hydrogen) atoms. The van der Waals surface area contributed by atoms with Crippen molar-refractivity contribution in [2.45, 2.75) is 12.0 Å². The molecule has 0 unspecified atom stereocenters. The van der Waals surface area contributed by atoms with E-state index >= 15 is 0 Å². The average Bonchev–Trinajstić information content (AvgIpc) is 3.33. The Kier molecular flexibility index (Phi) is 5.07. The number of para-hydroxylation sites is 3. The smallest absolute Gasteiger partial charge is 0.0760 e. The molecule has 6 aromatic carbocycles. The number of hydrogen-bond acceptors (Lipinski definition) is 2. The van der Waals surface area contributed by atoms with Crippen LogP contribution in [0.5, 0.6) is 0 Å². The Morgan fingerprint density at radius 2 is 1.07 bits per heavy atom. The van der Waals surface area contributed by atoms with Crippen LogP contribution in [0.4, 0.5) is 17.1 Å². The second kappa shape index (κ2) is 8.81. The first-order valence-electron chi connectivity index (χ1n) is 13.9. The van der Waals surface area contributed by atoms with Crippen LogP contribution in [0.2, 0.25) is 0 Å². The largest absolute Gasteiger partial charge is 0.326 e. The highest BCUT2D eigenvalue weighted by atomic mass is 15.2. The van der Waals surface area contributed by atoms with Crippen LogP contribution in [0, 0.1) is 0 Å². The average molecular weight is 513 g/mol. The topological polar surface area (TPSA) is 29.3 Å².